The van der Waals surface area contributed by atoms with Gasteiger partial charge in [-0.05, 0) is 44.0 Å². The molecule has 1 aliphatic heterocycles. The summed E-state index contributed by atoms with van der Waals surface area (Å²) >= 11 is 0. The third-order valence-electron chi connectivity index (χ3n) is 5.42. The zero-order valence-electron chi connectivity index (χ0n) is 17.4. The van der Waals surface area contributed by atoms with Gasteiger partial charge in [-0.3, -0.25) is 9.69 Å². The molecule has 1 amide bonds. The molecule has 1 fully saturated rings. The maximum atomic E-state index is 12.6. The number of amides is 1. The average Bonchev–Trinajstić information content (AvgIpc) is 2.67. The number of anilines is 1. The second-order valence-corrected chi connectivity index (χ2v) is 7.53. The molecule has 0 spiro atoms. The Kier molecular flexibility index (Phi) is 6.57. The SMILES string of the molecule is COc1ccccc1N1CCN(CCNC(=O)c2c(C)cc(C)cc2C)CC1. The summed E-state index contributed by atoms with van der Waals surface area (Å²) in [5.41, 5.74) is 5.25. The number of ether oxygens (including phenoxy) is 1. The average molecular weight is 382 g/mol. The summed E-state index contributed by atoms with van der Waals surface area (Å²) < 4.78 is 5.48. The van der Waals surface area contributed by atoms with Crippen LogP contribution in [0.25, 0.3) is 0 Å². The maximum absolute atomic E-state index is 12.6. The largest absolute Gasteiger partial charge is 0.495 e. The molecule has 1 N–H and O–H groups in total. The van der Waals surface area contributed by atoms with Crippen molar-refractivity contribution in [3.63, 3.8) is 0 Å². The van der Waals surface area contributed by atoms with E-state index in [1.54, 1.807) is 7.11 Å². The molecule has 28 heavy (non-hydrogen) atoms. The van der Waals surface area contributed by atoms with Gasteiger partial charge in [-0.15, -0.1) is 0 Å². The minimum Gasteiger partial charge on any atom is -0.495 e. The number of piperazine rings is 1. The standard InChI is InChI=1S/C23H31N3O2/c1-17-15-18(2)22(19(3)16-17)23(27)24-9-10-25-11-13-26(14-12-25)20-7-5-6-8-21(20)28-4/h5-8,15-16H,9-14H2,1-4H3,(H,24,27). The number of nitrogens with one attached hydrogen (secondary N) is 1. The summed E-state index contributed by atoms with van der Waals surface area (Å²) in [6.07, 6.45) is 0. The Bertz CT molecular complexity index is 803. The van der Waals surface area contributed by atoms with Crippen LogP contribution in [0.5, 0.6) is 5.75 Å². The van der Waals surface area contributed by atoms with Gasteiger partial charge in [0, 0.05) is 44.8 Å². The van der Waals surface area contributed by atoms with Crippen LogP contribution in [0.3, 0.4) is 0 Å². The summed E-state index contributed by atoms with van der Waals surface area (Å²) in [5, 5.41) is 3.09. The fourth-order valence-electron chi connectivity index (χ4n) is 4.06. The number of carbonyl (C=O) groups is 1. The van der Waals surface area contributed by atoms with Crippen molar-refractivity contribution in [3.8, 4) is 5.75 Å². The Hall–Kier alpha value is -2.53. The van der Waals surface area contributed by atoms with Crippen LogP contribution >= 0.6 is 0 Å². The lowest BCUT2D eigenvalue weighted by atomic mass is 9.99. The molecule has 5 nitrogen and oxygen atoms in total. The third kappa shape index (κ3) is 4.65. The number of hydrogen-bond acceptors (Lipinski definition) is 4. The van der Waals surface area contributed by atoms with Gasteiger partial charge in [-0.25, -0.2) is 0 Å². The Morgan fingerprint density at radius 3 is 2.32 bits per heavy atom. The minimum absolute atomic E-state index is 0.0302. The van der Waals surface area contributed by atoms with E-state index in [0.717, 1.165) is 60.9 Å². The Balaban J connectivity index is 1.48. The van der Waals surface area contributed by atoms with Crippen LogP contribution in [0.1, 0.15) is 27.0 Å². The molecule has 0 aromatic heterocycles. The van der Waals surface area contributed by atoms with Gasteiger partial charge >= 0.3 is 0 Å². The normalized spacial score (nSPS) is 14.8. The highest BCUT2D eigenvalue weighted by Crippen LogP contribution is 2.28. The number of benzene rings is 2. The van der Waals surface area contributed by atoms with Gasteiger partial charge < -0.3 is 15.0 Å². The molecule has 150 valence electrons. The van der Waals surface area contributed by atoms with Crippen LogP contribution in [-0.2, 0) is 0 Å². The molecule has 3 rings (SSSR count). The summed E-state index contributed by atoms with van der Waals surface area (Å²) in [6.45, 7) is 11.5. The number of para-hydroxylation sites is 2. The predicted molar refractivity (Wildman–Crippen MR) is 115 cm³/mol. The van der Waals surface area contributed by atoms with Crippen molar-refractivity contribution in [1.29, 1.82) is 0 Å². The van der Waals surface area contributed by atoms with E-state index in [1.165, 1.54) is 5.56 Å². The van der Waals surface area contributed by atoms with E-state index in [9.17, 15) is 4.79 Å². The van der Waals surface area contributed by atoms with Crippen LogP contribution in [0, 0.1) is 20.8 Å². The summed E-state index contributed by atoms with van der Waals surface area (Å²) in [6, 6.07) is 12.3. The molecule has 0 saturated carbocycles. The van der Waals surface area contributed by atoms with E-state index in [4.69, 9.17) is 4.74 Å². The molecular weight excluding hydrogens is 350 g/mol. The van der Waals surface area contributed by atoms with E-state index in [1.807, 2.05) is 26.0 Å². The molecule has 5 heteroatoms. The van der Waals surface area contributed by atoms with Crippen LogP contribution in [0.15, 0.2) is 36.4 Å². The zero-order valence-corrected chi connectivity index (χ0v) is 17.4. The Morgan fingerprint density at radius 2 is 1.68 bits per heavy atom. The highest BCUT2D eigenvalue weighted by Gasteiger charge is 2.19. The van der Waals surface area contributed by atoms with E-state index in [2.05, 4.69) is 46.3 Å². The van der Waals surface area contributed by atoms with E-state index < -0.39 is 0 Å². The number of hydrogen-bond donors (Lipinski definition) is 1. The lowest BCUT2D eigenvalue weighted by Crippen LogP contribution is -2.48. The van der Waals surface area contributed by atoms with Crippen LogP contribution < -0.4 is 15.0 Å². The van der Waals surface area contributed by atoms with E-state index in [0.29, 0.717) is 6.54 Å². The Morgan fingerprint density at radius 1 is 1.04 bits per heavy atom. The first-order chi connectivity index (χ1) is 13.5. The quantitative estimate of drug-likeness (QED) is 0.835. The lowest BCUT2D eigenvalue weighted by Gasteiger charge is -2.36. The molecule has 1 heterocycles. The van der Waals surface area contributed by atoms with Crippen molar-refractivity contribution in [2.24, 2.45) is 0 Å². The van der Waals surface area contributed by atoms with E-state index in [-0.39, 0.29) is 5.91 Å². The van der Waals surface area contributed by atoms with Crippen molar-refractivity contribution in [2.45, 2.75) is 20.8 Å². The first-order valence-electron chi connectivity index (χ1n) is 9.96. The second kappa shape index (κ2) is 9.11. The number of aryl methyl sites for hydroxylation is 3. The van der Waals surface area contributed by atoms with Crippen molar-refractivity contribution in [2.75, 3.05) is 51.3 Å². The van der Waals surface area contributed by atoms with Crippen molar-refractivity contribution < 1.29 is 9.53 Å². The van der Waals surface area contributed by atoms with Gasteiger partial charge in [0.25, 0.3) is 5.91 Å². The fourth-order valence-corrected chi connectivity index (χ4v) is 4.06. The van der Waals surface area contributed by atoms with Gasteiger partial charge in [0.2, 0.25) is 0 Å². The molecule has 2 aromatic carbocycles. The van der Waals surface area contributed by atoms with Crippen molar-refractivity contribution in [3.05, 3.63) is 58.7 Å². The molecule has 1 aliphatic rings. The monoisotopic (exact) mass is 381 g/mol. The van der Waals surface area contributed by atoms with Gasteiger partial charge in [0.05, 0.1) is 12.8 Å². The number of methoxy groups -OCH3 is 1. The Labute approximate surface area is 168 Å². The van der Waals surface area contributed by atoms with Crippen LogP contribution in [-0.4, -0.2) is 57.2 Å². The summed E-state index contributed by atoms with van der Waals surface area (Å²) in [4.78, 5) is 17.4. The van der Waals surface area contributed by atoms with Gasteiger partial charge in [0.1, 0.15) is 5.75 Å². The van der Waals surface area contributed by atoms with Crippen molar-refractivity contribution >= 4 is 11.6 Å². The molecule has 0 bridgehead atoms. The summed E-state index contributed by atoms with van der Waals surface area (Å²) in [7, 11) is 1.72. The molecule has 0 aliphatic carbocycles. The minimum atomic E-state index is 0.0302. The van der Waals surface area contributed by atoms with Gasteiger partial charge in [0.15, 0.2) is 0 Å². The lowest BCUT2D eigenvalue weighted by molar-refractivity contribution is 0.0946. The highest BCUT2D eigenvalue weighted by atomic mass is 16.5. The van der Waals surface area contributed by atoms with Crippen molar-refractivity contribution in [1.82, 2.24) is 10.2 Å². The molecule has 2 aromatic rings. The first kappa shape index (κ1) is 20.2. The number of nitrogens with zero attached hydrogens (tertiary/aromatic N) is 2. The first-order valence-corrected chi connectivity index (χ1v) is 9.96. The van der Waals surface area contributed by atoms with E-state index >= 15 is 0 Å². The maximum Gasteiger partial charge on any atom is 0.251 e. The predicted octanol–water partition coefficient (Wildman–Crippen LogP) is 3.17. The third-order valence-corrected chi connectivity index (χ3v) is 5.42. The topological polar surface area (TPSA) is 44.8 Å². The molecular formula is C23H31N3O2. The number of rotatable bonds is 6. The van der Waals surface area contributed by atoms with Gasteiger partial charge in [-0.1, -0.05) is 29.8 Å². The highest BCUT2D eigenvalue weighted by molar-refractivity contribution is 5.97. The fraction of sp³-hybridized carbons (Fsp3) is 0.435. The molecule has 0 unspecified atom stereocenters. The zero-order chi connectivity index (χ0) is 20.1. The molecule has 1 saturated heterocycles. The van der Waals surface area contributed by atoms with Crippen LogP contribution in [0.2, 0.25) is 0 Å². The molecule has 0 radical (unpaired) electrons. The molecule has 0 atom stereocenters. The van der Waals surface area contributed by atoms with Crippen LogP contribution in [0.4, 0.5) is 5.69 Å². The second-order valence-electron chi connectivity index (χ2n) is 7.53. The summed E-state index contributed by atoms with van der Waals surface area (Å²) in [5.74, 6) is 0.953. The smallest absolute Gasteiger partial charge is 0.251 e. The van der Waals surface area contributed by atoms with Gasteiger partial charge in [-0.2, -0.15) is 0 Å². The number of carbonyl (C=O) groups excluding carboxylic acids is 1.